The molecule has 0 unspecified atom stereocenters. The molecule has 3 aromatic rings. The van der Waals surface area contributed by atoms with E-state index in [1.165, 1.54) is 6.07 Å². The van der Waals surface area contributed by atoms with Gasteiger partial charge in [-0.3, -0.25) is 0 Å². The van der Waals surface area contributed by atoms with E-state index in [0.29, 0.717) is 24.5 Å². The summed E-state index contributed by atoms with van der Waals surface area (Å²) in [5.41, 5.74) is 9.26. The van der Waals surface area contributed by atoms with Gasteiger partial charge in [0.2, 0.25) is 0 Å². The molecule has 0 spiro atoms. The summed E-state index contributed by atoms with van der Waals surface area (Å²) in [6.07, 6.45) is 0. The summed E-state index contributed by atoms with van der Waals surface area (Å²) in [6.45, 7) is 0.842. The number of benzene rings is 3. The molecule has 0 saturated carbocycles. The van der Waals surface area contributed by atoms with Gasteiger partial charge in [0.05, 0.1) is 5.02 Å². The lowest BCUT2D eigenvalue weighted by Crippen LogP contribution is -2.01. The average Bonchev–Trinajstić information content (AvgIpc) is 2.63. The van der Waals surface area contributed by atoms with Crippen LogP contribution in [0.15, 0.2) is 66.7 Å². The zero-order valence-electron chi connectivity index (χ0n) is 13.0. The molecule has 3 rings (SSSR count). The fourth-order valence-electron chi connectivity index (χ4n) is 2.45. The van der Waals surface area contributed by atoms with E-state index in [1.54, 1.807) is 12.1 Å². The van der Waals surface area contributed by atoms with Crippen LogP contribution in [-0.2, 0) is 13.2 Å². The Morgan fingerprint density at radius 3 is 2.42 bits per heavy atom. The molecule has 0 radical (unpaired) electrons. The number of rotatable bonds is 5. The van der Waals surface area contributed by atoms with Crippen molar-refractivity contribution in [1.29, 1.82) is 0 Å². The van der Waals surface area contributed by atoms with Crippen LogP contribution in [0.25, 0.3) is 11.1 Å². The highest BCUT2D eigenvalue weighted by molar-refractivity contribution is 6.30. The molecule has 0 aliphatic carbocycles. The van der Waals surface area contributed by atoms with Crippen molar-refractivity contribution in [3.63, 3.8) is 0 Å². The summed E-state index contributed by atoms with van der Waals surface area (Å²) in [7, 11) is 0. The highest BCUT2D eigenvalue weighted by Gasteiger charge is 2.10. The standard InChI is InChI=1S/C20H17ClFNO/c21-18-9-7-16(11-19(18)22)17-8-6-15(12-23)10-20(17)24-13-14-4-2-1-3-5-14/h1-11H,12-13,23H2. The smallest absolute Gasteiger partial charge is 0.142 e. The van der Waals surface area contributed by atoms with Gasteiger partial charge < -0.3 is 10.5 Å². The molecule has 0 saturated heterocycles. The molecular formula is C20H17ClFNO. The van der Waals surface area contributed by atoms with Crippen LogP contribution < -0.4 is 10.5 Å². The highest BCUT2D eigenvalue weighted by Crippen LogP contribution is 2.33. The summed E-state index contributed by atoms with van der Waals surface area (Å²) >= 11 is 5.77. The number of hydrogen-bond donors (Lipinski definition) is 1. The minimum atomic E-state index is -0.453. The van der Waals surface area contributed by atoms with Gasteiger partial charge in [-0.05, 0) is 34.9 Å². The number of nitrogens with two attached hydrogens (primary N) is 1. The predicted octanol–water partition coefficient (Wildman–Crippen LogP) is 5.18. The van der Waals surface area contributed by atoms with E-state index in [0.717, 1.165) is 16.7 Å². The zero-order valence-corrected chi connectivity index (χ0v) is 13.8. The van der Waals surface area contributed by atoms with Gasteiger partial charge in [0, 0.05) is 12.1 Å². The Kier molecular flexibility index (Phi) is 5.14. The molecular weight excluding hydrogens is 325 g/mol. The van der Waals surface area contributed by atoms with Crippen molar-refractivity contribution < 1.29 is 9.13 Å². The lowest BCUT2D eigenvalue weighted by atomic mass is 10.0. The maximum Gasteiger partial charge on any atom is 0.142 e. The molecule has 0 aliphatic heterocycles. The number of hydrogen-bond acceptors (Lipinski definition) is 2. The lowest BCUT2D eigenvalue weighted by Gasteiger charge is -2.14. The predicted molar refractivity (Wildman–Crippen MR) is 95.5 cm³/mol. The van der Waals surface area contributed by atoms with Crippen molar-refractivity contribution in [1.82, 2.24) is 0 Å². The maximum absolute atomic E-state index is 13.8. The Balaban J connectivity index is 1.94. The summed E-state index contributed by atoms with van der Waals surface area (Å²) in [4.78, 5) is 0. The van der Waals surface area contributed by atoms with Gasteiger partial charge in [0.25, 0.3) is 0 Å². The second-order valence-corrected chi connectivity index (χ2v) is 5.84. The van der Waals surface area contributed by atoms with Gasteiger partial charge in [-0.1, -0.05) is 60.1 Å². The van der Waals surface area contributed by atoms with Crippen LogP contribution in [0.5, 0.6) is 5.75 Å². The largest absolute Gasteiger partial charge is 0.488 e. The minimum Gasteiger partial charge on any atom is -0.488 e. The van der Waals surface area contributed by atoms with E-state index in [1.807, 2.05) is 48.5 Å². The lowest BCUT2D eigenvalue weighted by molar-refractivity contribution is 0.307. The quantitative estimate of drug-likeness (QED) is 0.693. The van der Waals surface area contributed by atoms with E-state index in [9.17, 15) is 4.39 Å². The van der Waals surface area contributed by atoms with Gasteiger partial charge in [-0.25, -0.2) is 4.39 Å². The summed E-state index contributed by atoms with van der Waals surface area (Å²) < 4.78 is 19.8. The molecule has 3 aromatic carbocycles. The maximum atomic E-state index is 13.8. The van der Waals surface area contributed by atoms with Crippen LogP contribution in [0.2, 0.25) is 5.02 Å². The summed E-state index contributed by atoms with van der Waals surface area (Å²) in [5, 5.41) is 0.101. The zero-order chi connectivity index (χ0) is 16.9. The van der Waals surface area contributed by atoms with Crippen molar-refractivity contribution in [2.75, 3.05) is 0 Å². The van der Waals surface area contributed by atoms with Crippen LogP contribution >= 0.6 is 11.6 Å². The Morgan fingerprint density at radius 1 is 0.917 bits per heavy atom. The third kappa shape index (κ3) is 3.75. The first-order valence-electron chi connectivity index (χ1n) is 7.62. The molecule has 0 amide bonds. The third-order valence-corrected chi connectivity index (χ3v) is 4.06. The number of halogens is 2. The van der Waals surface area contributed by atoms with Crippen LogP contribution in [0.3, 0.4) is 0 Å². The van der Waals surface area contributed by atoms with Gasteiger partial charge in [-0.15, -0.1) is 0 Å². The normalized spacial score (nSPS) is 10.6. The molecule has 0 heterocycles. The fourth-order valence-corrected chi connectivity index (χ4v) is 2.57. The van der Waals surface area contributed by atoms with E-state index < -0.39 is 5.82 Å². The SMILES string of the molecule is NCc1ccc(-c2ccc(Cl)c(F)c2)c(OCc2ccccc2)c1. The Labute approximate surface area is 145 Å². The summed E-state index contributed by atoms with van der Waals surface area (Å²) in [6, 6.07) is 20.3. The number of ether oxygens (including phenoxy) is 1. The first kappa shape index (κ1) is 16.5. The van der Waals surface area contributed by atoms with E-state index in [2.05, 4.69) is 0 Å². The Bertz CT molecular complexity index is 836. The van der Waals surface area contributed by atoms with Crippen molar-refractivity contribution in [2.24, 2.45) is 5.73 Å². The molecule has 122 valence electrons. The first-order chi connectivity index (χ1) is 11.7. The molecule has 0 aromatic heterocycles. The molecule has 24 heavy (non-hydrogen) atoms. The van der Waals surface area contributed by atoms with Crippen molar-refractivity contribution in [2.45, 2.75) is 13.2 Å². The highest BCUT2D eigenvalue weighted by atomic mass is 35.5. The molecule has 0 bridgehead atoms. The monoisotopic (exact) mass is 341 g/mol. The van der Waals surface area contributed by atoms with Crippen LogP contribution in [0.4, 0.5) is 4.39 Å². The molecule has 0 fully saturated rings. The van der Waals surface area contributed by atoms with E-state index >= 15 is 0 Å². The topological polar surface area (TPSA) is 35.2 Å². The summed E-state index contributed by atoms with van der Waals surface area (Å²) in [5.74, 6) is 0.217. The van der Waals surface area contributed by atoms with Gasteiger partial charge in [-0.2, -0.15) is 0 Å². The molecule has 2 N–H and O–H groups in total. The van der Waals surface area contributed by atoms with Gasteiger partial charge in [0.15, 0.2) is 0 Å². The minimum absolute atomic E-state index is 0.101. The second-order valence-electron chi connectivity index (χ2n) is 5.44. The Morgan fingerprint density at radius 2 is 1.71 bits per heavy atom. The third-order valence-electron chi connectivity index (χ3n) is 3.75. The van der Waals surface area contributed by atoms with Gasteiger partial charge >= 0.3 is 0 Å². The van der Waals surface area contributed by atoms with Gasteiger partial charge in [0.1, 0.15) is 18.2 Å². The molecule has 2 nitrogen and oxygen atoms in total. The fraction of sp³-hybridized carbons (Fsp3) is 0.100. The van der Waals surface area contributed by atoms with Crippen molar-refractivity contribution in [3.05, 3.63) is 88.7 Å². The van der Waals surface area contributed by atoms with Crippen LogP contribution in [0.1, 0.15) is 11.1 Å². The molecule has 4 heteroatoms. The van der Waals surface area contributed by atoms with Crippen LogP contribution in [0, 0.1) is 5.82 Å². The van der Waals surface area contributed by atoms with E-state index in [-0.39, 0.29) is 5.02 Å². The van der Waals surface area contributed by atoms with Crippen molar-refractivity contribution >= 4 is 11.6 Å². The average molecular weight is 342 g/mol. The molecule has 0 aliphatic rings. The first-order valence-corrected chi connectivity index (χ1v) is 8.00. The van der Waals surface area contributed by atoms with Crippen molar-refractivity contribution in [3.8, 4) is 16.9 Å². The van der Waals surface area contributed by atoms with E-state index in [4.69, 9.17) is 22.1 Å². The molecule has 0 atom stereocenters. The second kappa shape index (κ2) is 7.47. The van der Waals surface area contributed by atoms with Crippen LogP contribution in [-0.4, -0.2) is 0 Å². The Hall–Kier alpha value is -2.36.